The van der Waals surface area contributed by atoms with Crippen LogP contribution < -0.4 is 10.6 Å². The van der Waals surface area contributed by atoms with Gasteiger partial charge in [0.15, 0.2) is 0 Å². The molecule has 1 heterocycles. The Morgan fingerprint density at radius 1 is 1.29 bits per heavy atom. The molecule has 0 spiro atoms. The molecule has 3 N–H and O–H groups in total. The molecule has 7 nitrogen and oxygen atoms in total. The molecule has 2 rings (SSSR count). The van der Waals surface area contributed by atoms with Gasteiger partial charge in [0.1, 0.15) is 0 Å². The standard InChI is InChI=1S/C14H17N3O4/c18-12-8-10(13(19)20)9-17(12)7-6-15-14(21)16-11-4-2-1-3-5-11/h1-5,10H,6-9H2,(H,19,20)(H2,15,16,21). The second kappa shape index (κ2) is 6.74. The fourth-order valence-corrected chi connectivity index (χ4v) is 2.15. The highest BCUT2D eigenvalue weighted by molar-refractivity contribution is 5.89. The zero-order valence-electron chi connectivity index (χ0n) is 11.4. The average Bonchev–Trinajstić information content (AvgIpc) is 2.82. The Labute approximate surface area is 121 Å². The molecule has 0 radical (unpaired) electrons. The molecule has 1 aliphatic heterocycles. The van der Waals surface area contributed by atoms with E-state index in [0.29, 0.717) is 12.2 Å². The van der Waals surface area contributed by atoms with Gasteiger partial charge in [-0.2, -0.15) is 0 Å². The number of hydrogen-bond donors (Lipinski definition) is 3. The molecular weight excluding hydrogens is 274 g/mol. The number of aliphatic carboxylic acids is 1. The van der Waals surface area contributed by atoms with E-state index >= 15 is 0 Å². The maximum absolute atomic E-state index is 11.6. The molecule has 0 saturated carbocycles. The van der Waals surface area contributed by atoms with Gasteiger partial charge >= 0.3 is 12.0 Å². The third-order valence-electron chi connectivity index (χ3n) is 3.26. The van der Waals surface area contributed by atoms with E-state index in [4.69, 9.17) is 5.11 Å². The van der Waals surface area contributed by atoms with Crippen LogP contribution in [-0.4, -0.2) is 47.5 Å². The van der Waals surface area contributed by atoms with Gasteiger partial charge in [0.25, 0.3) is 0 Å². The van der Waals surface area contributed by atoms with Gasteiger partial charge in [0.2, 0.25) is 5.91 Å². The number of anilines is 1. The normalized spacial score (nSPS) is 17.6. The molecule has 3 amide bonds. The number of hydrogen-bond acceptors (Lipinski definition) is 3. The molecule has 112 valence electrons. The number of amides is 3. The van der Waals surface area contributed by atoms with E-state index in [1.807, 2.05) is 18.2 Å². The zero-order valence-corrected chi connectivity index (χ0v) is 11.4. The summed E-state index contributed by atoms with van der Waals surface area (Å²) in [4.78, 5) is 35.5. The Kier molecular flexibility index (Phi) is 4.76. The smallest absolute Gasteiger partial charge is 0.319 e. The Bertz CT molecular complexity index is 532. The number of carboxylic acids is 1. The quantitative estimate of drug-likeness (QED) is 0.745. The second-order valence-electron chi connectivity index (χ2n) is 4.83. The van der Waals surface area contributed by atoms with E-state index in [9.17, 15) is 14.4 Å². The van der Waals surface area contributed by atoms with Crippen LogP contribution in [0, 0.1) is 5.92 Å². The predicted molar refractivity (Wildman–Crippen MR) is 75.8 cm³/mol. The number of para-hydroxylation sites is 1. The molecular formula is C14H17N3O4. The molecule has 1 saturated heterocycles. The van der Waals surface area contributed by atoms with E-state index in [1.54, 1.807) is 12.1 Å². The Hall–Kier alpha value is -2.57. The van der Waals surface area contributed by atoms with Crippen LogP contribution in [0.3, 0.4) is 0 Å². The van der Waals surface area contributed by atoms with E-state index in [-0.39, 0.29) is 31.4 Å². The first-order valence-corrected chi connectivity index (χ1v) is 6.67. The molecule has 1 aromatic rings. The number of carbonyl (C=O) groups excluding carboxylic acids is 2. The van der Waals surface area contributed by atoms with Crippen molar-refractivity contribution in [3.8, 4) is 0 Å². The van der Waals surface area contributed by atoms with Gasteiger partial charge in [-0.15, -0.1) is 0 Å². The van der Waals surface area contributed by atoms with Crippen LogP contribution in [0.2, 0.25) is 0 Å². The summed E-state index contributed by atoms with van der Waals surface area (Å²) in [6.45, 7) is 0.789. The van der Waals surface area contributed by atoms with Gasteiger partial charge in [-0.3, -0.25) is 9.59 Å². The third kappa shape index (κ3) is 4.20. The van der Waals surface area contributed by atoms with Crippen LogP contribution in [0.15, 0.2) is 30.3 Å². The van der Waals surface area contributed by atoms with E-state index in [0.717, 1.165) is 0 Å². The first-order chi connectivity index (χ1) is 10.1. The Balaban J connectivity index is 1.71. The molecule has 21 heavy (non-hydrogen) atoms. The van der Waals surface area contributed by atoms with Gasteiger partial charge in [-0.25, -0.2) is 4.79 Å². The average molecular weight is 291 g/mol. The van der Waals surface area contributed by atoms with Gasteiger partial charge in [-0.1, -0.05) is 18.2 Å². The van der Waals surface area contributed by atoms with Gasteiger partial charge in [0.05, 0.1) is 5.92 Å². The molecule has 0 aliphatic carbocycles. The fourth-order valence-electron chi connectivity index (χ4n) is 2.15. The summed E-state index contributed by atoms with van der Waals surface area (Å²) in [5.74, 6) is -1.79. The molecule has 0 bridgehead atoms. The number of carboxylic acid groups (broad SMARTS) is 1. The van der Waals surface area contributed by atoms with Crippen LogP contribution >= 0.6 is 0 Å². The van der Waals surface area contributed by atoms with Crippen LogP contribution in [0.25, 0.3) is 0 Å². The molecule has 1 aliphatic rings. The van der Waals surface area contributed by atoms with E-state index in [1.165, 1.54) is 4.90 Å². The molecule has 7 heteroatoms. The minimum Gasteiger partial charge on any atom is -0.481 e. The van der Waals surface area contributed by atoms with Crippen molar-refractivity contribution >= 4 is 23.6 Å². The molecule has 1 fully saturated rings. The van der Waals surface area contributed by atoms with Crippen LogP contribution in [0.4, 0.5) is 10.5 Å². The van der Waals surface area contributed by atoms with Gasteiger partial charge < -0.3 is 20.6 Å². The third-order valence-corrected chi connectivity index (χ3v) is 3.26. The Morgan fingerprint density at radius 2 is 2.00 bits per heavy atom. The van der Waals surface area contributed by atoms with Crippen molar-refractivity contribution in [2.75, 3.05) is 25.0 Å². The van der Waals surface area contributed by atoms with Crippen molar-refractivity contribution < 1.29 is 19.5 Å². The van der Waals surface area contributed by atoms with E-state index in [2.05, 4.69) is 10.6 Å². The van der Waals surface area contributed by atoms with Crippen LogP contribution in [0.5, 0.6) is 0 Å². The highest BCUT2D eigenvalue weighted by Crippen LogP contribution is 2.17. The number of rotatable bonds is 5. The number of benzene rings is 1. The zero-order chi connectivity index (χ0) is 15.2. The van der Waals surface area contributed by atoms with Crippen molar-refractivity contribution in [2.45, 2.75) is 6.42 Å². The van der Waals surface area contributed by atoms with Crippen molar-refractivity contribution in [2.24, 2.45) is 5.92 Å². The summed E-state index contributed by atoms with van der Waals surface area (Å²) in [5.41, 5.74) is 0.679. The molecule has 1 aromatic carbocycles. The minimum atomic E-state index is -0.958. The maximum Gasteiger partial charge on any atom is 0.319 e. The summed E-state index contributed by atoms with van der Waals surface area (Å²) >= 11 is 0. The largest absolute Gasteiger partial charge is 0.481 e. The summed E-state index contributed by atoms with van der Waals surface area (Å²) in [5, 5.41) is 14.2. The van der Waals surface area contributed by atoms with Crippen molar-refractivity contribution in [1.29, 1.82) is 0 Å². The summed E-state index contributed by atoms with van der Waals surface area (Å²) < 4.78 is 0. The first kappa shape index (κ1) is 14.8. The first-order valence-electron chi connectivity index (χ1n) is 6.67. The minimum absolute atomic E-state index is 0.0333. The topological polar surface area (TPSA) is 98.7 Å². The SMILES string of the molecule is O=C(NCCN1CC(C(=O)O)CC1=O)Nc1ccccc1. The molecule has 1 unspecified atom stereocenters. The summed E-state index contributed by atoms with van der Waals surface area (Å²) in [6.07, 6.45) is 0.0333. The highest BCUT2D eigenvalue weighted by Gasteiger charge is 2.33. The molecule has 0 aromatic heterocycles. The lowest BCUT2D eigenvalue weighted by atomic mass is 10.1. The highest BCUT2D eigenvalue weighted by atomic mass is 16.4. The lowest BCUT2D eigenvalue weighted by molar-refractivity contribution is -0.141. The lowest BCUT2D eigenvalue weighted by Gasteiger charge is -2.16. The summed E-state index contributed by atoms with van der Waals surface area (Å²) in [7, 11) is 0. The monoisotopic (exact) mass is 291 g/mol. The second-order valence-corrected chi connectivity index (χ2v) is 4.83. The number of nitrogens with zero attached hydrogens (tertiary/aromatic N) is 1. The predicted octanol–water partition coefficient (Wildman–Crippen LogP) is 0.741. The van der Waals surface area contributed by atoms with Gasteiger partial charge in [0, 0.05) is 31.7 Å². The number of carbonyl (C=O) groups is 3. The van der Waals surface area contributed by atoms with Crippen LogP contribution in [0.1, 0.15) is 6.42 Å². The lowest BCUT2D eigenvalue weighted by Crippen LogP contribution is -2.37. The maximum atomic E-state index is 11.6. The van der Waals surface area contributed by atoms with Gasteiger partial charge in [-0.05, 0) is 12.1 Å². The molecule has 1 atom stereocenters. The number of urea groups is 1. The van der Waals surface area contributed by atoms with E-state index < -0.39 is 11.9 Å². The number of nitrogens with one attached hydrogen (secondary N) is 2. The van der Waals surface area contributed by atoms with Crippen LogP contribution in [-0.2, 0) is 9.59 Å². The summed E-state index contributed by atoms with van der Waals surface area (Å²) in [6, 6.07) is 8.64. The number of likely N-dealkylation sites (tertiary alicyclic amines) is 1. The fraction of sp³-hybridized carbons (Fsp3) is 0.357. The van der Waals surface area contributed by atoms with Crippen molar-refractivity contribution in [3.05, 3.63) is 30.3 Å². The Morgan fingerprint density at radius 3 is 2.62 bits per heavy atom. The van der Waals surface area contributed by atoms with Crippen molar-refractivity contribution in [1.82, 2.24) is 10.2 Å². The van der Waals surface area contributed by atoms with Crippen molar-refractivity contribution in [3.63, 3.8) is 0 Å².